The summed E-state index contributed by atoms with van der Waals surface area (Å²) < 4.78 is 42.5. The summed E-state index contributed by atoms with van der Waals surface area (Å²) in [6, 6.07) is 5.46. The summed E-state index contributed by atoms with van der Waals surface area (Å²) >= 11 is 0. The summed E-state index contributed by atoms with van der Waals surface area (Å²) in [6.07, 6.45) is -4.37. The number of nitrogens with one attached hydrogen (secondary N) is 2. The van der Waals surface area contributed by atoms with Gasteiger partial charge in [-0.3, -0.25) is 0 Å². The van der Waals surface area contributed by atoms with Crippen LogP contribution in [0, 0.1) is 6.92 Å². The van der Waals surface area contributed by atoms with E-state index in [0.29, 0.717) is 17.0 Å². The Bertz CT molecular complexity index is 665. The van der Waals surface area contributed by atoms with E-state index in [1.807, 2.05) is 0 Å². The molecule has 124 valence electrons. The molecule has 0 radical (unpaired) electrons. The molecule has 0 bridgehead atoms. The lowest BCUT2D eigenvalue weighted by Crippen LogP contribution is -2.36. The summed E-state index contributed by atoms with van der Waals surface area (Å²) in [4.78, 5) is 11.8. The van der Waals surface area contributed by atoms with Crippen LogP contribution < -0.4 is 10.6 Å². The zero-order valence-electron chi connectivity index (χ0n) is 12.6. The van der Waals surface area contributed by atoms with Gasteiger partial charge in [0.15, 0.2) is 5.76 Å². The van der Waals surface area contributed by atoms with Crippen LogP contribution in [0.1, 0.15) is 35.5 Å². The van der Waals surface area contributed by atoms with Crippen molar-refractivity contribution in [2.45, 2.75) is 32.6 Å². The number of halogens is 3. The minimum Gasteiger partial charge on any atom is -0.359 e. The molecule has 0 spiro atoms. The molecule has 0 fully saturated rings. The number of alkyl halides is 3. The lowest BCUT2D eigenvalue weighted by atomic mass is 10.1. The summed E-state index contributed by atoms with van der Waals surface area (Å²) in [7, 11) is 0. The van der Waals surface area contributed by atoms with Crippen LogP contribution in [0.4, 0.5) is 18.0 Å². The zero-order chi connectivity index (χ0) is 17.0. The number of benzene rings is 1. The number of hydrogen-bond acceptors (Lipinski definition) is 3. The molecule has 0 aliphatic heterocycles. The summed E-state index contributed by atoms with van der Waals surface area (Å²) in [6.45, 7) is 3.62. The van der Waals surface area contributed by atoms with Crippen molar-refractivity contribution in [3.05, 3.63) is 52.9 Å². The van der Waals surface area contributed by atoms with E-state index in [0.717, 1.165) is 12.1 Å². The van der Waals surface area contributed by atoms with Gasteiger partial charge in [-0.15, -0.1) is 0 Å². The SMILES string of the molecule is Cc1cc(CNC(=O)N[C@@H](C)c2ccc(C(F)(F)F)cc2)on1. The maximum absolute atomic E-state index is 12.5. The highest BCUT2D eigenvalue weighted by Crippen LogP contribution is 2.29. The molecule has 0 saturated heterocycles. The molecule has 2 N–H and O–H groups in total. The lowest BCUT2D eigenvalue weighted by molar-refractivity contribution is -0.137. The molecule has 1 heterocycles. The number of carbonyl (C=O) groups is 1. The maximum atomic E-state index is 12.5. The summed E-state index contributed by atoms with van der Waals surface area (Å²) in [5, 5.41) is 8.92. The van der Waals surface area contributed by atoms with Gasteiger partial charge >= 0.3 is 12.2 Å². The third-order valence-corrected chi connectivity index (χ3v) is 3.19. The van der Waals surface area contributed by atoms with Crippen LogP contribution in [-0.4, -0.2) is 11.2 Å². The lowest BCUT2D eigenvalue weighted by Gasteiger charge is -2.15. The van der Waals surface area contributed by atoms with Crippen LogP contribution in [-0.2, 0) is 12.7 Å². The van der Waals surface area contributed by atoms with Crippen molar-refractivity contribution in [3.8, 4) is 0 Å². The molecule has 2 amide bonds. The second-order valence-electron chi connectivity index (χ2n) is 5.10. The first-order valence-electron chi connectivity index (χ1n) is 6.89. The largest absolute Gasteiger partial charge is 0.416 e. The Kier molecular flexibility index (Phi) is 4.92. The summed E-state index contributed by atoms with van der Waals surface area (Å²) in [5.74, 6) is 0.514. The minimum absolute atomic E-state index is 0.173. The molecular weight excluding hydrogens is 311 g/mol. The van der Waals surface area contributed by atoms with E-state index in [2.05, 4.69) is 15.8 Å². The van der Waals surface area contributed by atoms with E-state index in [-0.39, 0.29) is 6.54 Å². The molecule has 0 aliphatic rings. The predicted molar refractivity (Wildman–Crippen MR) is 76.5 cm³/mol. The van der Waals surface area contributed by atoms with Crippen molar-refractivity contribution in [2.24, 2.45) is 0 Å². The van der Waals surface area contributed by atoms with Crippen molar-refractivity contribution in [3.63, 3.8) is 0 Å². The normalized spacial score (nSPS) is 12.7. The highest BCUT2D eigenvalue weighted by molar-refractivity contribution is 5.74. The number of amides is 2. The number of nitrogens with zero attached hydrogens (tertiary/aromatic N) is 1. The Balaban J connectivity index is 1.88. The van der Waals surface area contributed by atoms with E-state index >= 15 is 0 Å². The monoisotopic (exact) mass is 327 g/mol. The van der Waals surface area contributed by atoms with Crippen molar-refractivity contribution >= 4 is 6.03 Å². The highest BCUT2D eigenvalue weighted by atomic mass is 19.4. The highest BCUT2D eigenvalue weighted by Gasteiger charge is 2.30. The zero-order valence-corrected chi connectivity index (χ0v) is 12.6. The quantitative estimate of drug-likeness (QED) is 0.902. The van der Waals surface area contributed by atoms with E-state index in [9.17, 15) is 18.0 Å². The molecular formula is C15H16F3N3O2. The number of rotatable bonds is 4. The van der Waals surface area contributed by atoms with E-state index in [4.69, 9.17) is 4.52 Å². The maximum Gasteiger partial charge on any atom is 0.416 e. The van der Waals surface area contributed by atoms with Gasteiger partial charge in [0.1, 0.15) is 0 Å². The van der Waals surface area contributed by atoms with Gasteiger partial charge in [-0.2, -0.15) is 13.2 Å². The van der Waals surface area contributed by atoms with Gasteiger partial charge in [0.05, 0.1) is 23.8 Å². The van der Waals surface area contributed by atoms with E-state index < -0.39 is 23.8 Å². The number of carbonyl (C=O) groups excluding carboxylic acids is 1. The second kappa shape index (κ2) is 6.72. The van der Waals surface area contributed by atoms with Gasteiger partial charge in [-0.1, -0.05) is 17.3 Å². The molecule has 5 nitrogen and oxygen atoms in total. The summed E-state index contributed by atoms with van der Waals surface area (Å²) in [5.41, 5.74) is 0.558. The van der Waals surface area contributed by atoms with Gasteiger partial charge in [-0.25, -0.2) is 4.79 Å². The molecule has 0 aliphatic carbocycles. The topological polar surface area (TPSA) is 67.2 Å². The second-order valence-corrected chi connectivity index (χ2v) is 5.10. The smallest absolute Gasteiger partial charge is 0.359 e. The fourth-order valence-corrected chi connectivity index (χ4v) is 1.96. The molecule has 23 heavy (non-hydrogen) atoms. The van der Waals surface area contributed by atoms with Crippen LogP contribution in [0.2, 0.25) is 0 Å². The third-order valence-electron chi connectivity index (χ3n) is 3.19. The third kappa shape index (κ3) is 4.73. The molecule has 2 rings (SSSR count). The average Bonchev–Trinajstić information content (AvgIpc) is 2.90. The number of aryl methyl sites for hydroxylation is 1. The van der Waals surface area contributed by atoms with Gasteiger partial charge in [0, 0.05) is 6.07 Å². The average molecular weight is 327 g/mol. The van der Waals surface area contributed by atoms with Gasteiger partial charge in [0.2, 0.25) is 0 Å². The van der Waals surface area contributed by atoms with Crippen LogP contribution in [0.3, 0.4) is 0 Å². The number of aromatic nitrogens is 1. The van der Waals surface area contributed by atoms with Crippen molar-refractivity contribution in [2.75, 3.05) is 0 Å². The van der Waals surface area contributed by atoms with Crippen LogP contribution in [0.5, 0.6) is 0 Å². The number of urea groups is 1. The van der Waals surface area contributed by atoms with Crippen LogP contribution >= 0.6 is 0 Å². The Hall–Kier alpha value is -2.51. The van der Waals surface area contributed by atoms with Gasteiger partial charge in [-0.05, 0) is 31.5 Å². The fourth-order valence-electron chi connectivity index (χ4n) is 1.96. The van der Waals surface area contributed by atoms with Crippen LogP contribution in [0.15, 0.2) is 34.9 Å². The first kappa shape index (κ1) is 16.9. The molecule has 0 unspecified atom stereocenters. The Morgan fingerprint density at radius 1 is 1.30 bits per heavy atom. The Labute approximate surface area is 130 Å². The Morgan fingerprint density at radius 2 is 1.96 bits per heavy atom. The minimum atomic E-state index is -4.37. The standard InChI is InChI=1S/C15H16F3N3O2/c1-9-7-13(23-21-9)8-19-14(22)20-10(2)11-3-5-12(6-4-11)15(16,17)18/h3-7,10H,8H2,1-2H3,(H2,19,20,22)/t10-/m0/s1. The molecule has 1 aromatic heterocycles. The van der Waals surface area contributed by atoms with E-state index in [1.54, 1.807) is 19.9 Å². The first-order valence-corrected chi connectivity index (χ1v) is 6.89. The molecule has 0 saturated carbocycles. The Morgan fingerprint density at radius 3 is 2.48 bits per heavy atom. The van der Waals surface area contributed by atoms with Crippen molar-refractivity contribution in [1.82, 2.24) is 15.8 Å². The van der Waals surface area contributed by atoms with Gasteiger partial charge in [0.25, 0.3) is 0 Å². The first-order chi connectivity index (χ1) is 10.8. The molecule has 8 heteroatoms. The predicted octanol–water partition coefficient (Wildman–Crippen LogP) is 3.56. The number of hydrogen-bond donors (Lipinski definition) is 2. The van der Waals surface area contributed by atoms with Crippen molar-refractivity contribution < 1.29 is 22.5 Å². The van der Waals surface area contributed by atoms with Crippen LogP contribution in [0.25, 0.3) is 0 Å². The van der Waals surface area contributed by atoms with E-state index in [1.165, 1.54) is 12.1 Å². The fraction of sp³-hybridized carbons (Fsp3) is 0.333. The molecule has 1 aromatic carbocycles. The van der Waals surface area contributed by atoms with Gasteiger partial charge < -0.3 is 15.2 Å². The van der Waals surface area contributed by atoms with Crippen molar-refractivity contribution in [1.29, 1.82) is 0 Å². The molecule has 1 atom stereocenters. The molecule has 2 aromatic rings.